The first-order valence-electron chi connectivity index (χ1n) is 8.75. The minimum absolute atomic E-state index is 0.0733. The molecule has 8 nitrogen and oxygen atoms in total. The lowest BCUT2D eigenvalue weighted by Gasteiger charge is -2.31. The molecule has 0 unspecified atom stereocenters. The van der Waals surface area contributed by atoms with Gasteiger partial charge in [-0.2, -0.15) is 4.31 Å². The summed E-state index contributed by atoms with van der Waals surface area (Å²) in [6.45, 7) is 1.30. The Bertz CT molecular complexity index is 861. The van der Waals surface area contributed by atoms with Crippen LogP contribution in [0.5, 0.6) is 17.2 Å². The molecule has 142 valence electrons. The topological polar surface area (TPSA) is 85.4 Å². The number of benzene rings is 1. The molecule has 9 heteroatoms. The van der Waals surface area contributed by atoms with Gasteiger partial charge in [-0.1, -0.05) is 6.42 Å². The van der Waals surface area contributed by atoms with Crippen molar-refractivity contribution in [2.75, 3.05) is 40.6 Å². The number of hydrogen-bond acceptors (Lipinski definition) is 6. The Morgan fingerprint density at radius 1 is 1.04 bits per heavy atom. The molecule has 0 saturated carbocycles. The maximum atomic E-state index is 13.4. The molecule has 26 heavy (non-hydrogen) atoms. The number of rotatable bonds is 3. The van der Waals surface area contributed by atoms with Crippen LogP contribution < -0.4 is 14.2 Å². The van der Waals surface area contributed by atoms with Gasteiger partial charge in [0.25, 0.3) is 5.91 Å². The van der Waals surface area contributed by atoms with E-state index in [1.165, 1.54) is 11.4 Å². The van der Waals surface area contributed by atoms with Crippen LogP contribution in [0, 0.1) is 0 Å². The standard InChI is InChI=1S/C17H22N2O6S/c1-18-9-6-11-12(17(18)20)13(23-2)14-15(25-10-24-14)16(11)26(21,22)19-7-4-3-5-8-19/h3-10H2,1-2H3. The summed E-state index contributed by atoms with van der Waals surface area (Å²) < 4.78 is 44.8. The van der Waals surface area contributed by atoms with Gasteiger partial charge in [0.15, 0.2) is 11.5 Å². The van der Waals surface area contributed by atoms with Crippen molar-refractivity contribution in [3.05, 3.63) is 11.1 Å². The second-order valence-electron chi connectivity index (χ2n) is 6.72. The fourth-order valence-corrected chi connectivity index (χ4v) is 5.75. The summed E-state index contributed by atoms with van der Waals surface area (Å²) in [6, 6.07) is 0. The molecule has 0 atom stereocenters. The molecule has 0 aliphatic carbocycles. The zero-order chi connectivity index (χ0) is 18.5. The predicted molar refractivity (Wildman–Crippen MR) is 92.4 cm³/mol. The van der Waals surface area contributed by atoms with Gasteiger partial charge in [-0.15, -0.1) is 0 Å². The first kappa shape index (κ1) is 17.4. The quantitative estimate of drug-likeness (QED) is 0.782. The fourth-order valence-electron chi connectivity index (χ4n) is 3.86. The van der Waals surface area contributed by atoms with Gasteiger partial charge >= 0.3 is 0 Å². The molecule has 0 spiro atoms. The number of ether oxygens (including phenoxy) is 3. The number of piperidine rings is 1. The largest absolute Gasteiger partial charge is 0.492 e. The molecule has 3 aliphatic heterocycles. The Balaban J connectivity index is 1.98. The molecular weight excluding hydrogens is 360 g/mol. The average Bonchev–Trinajstić information content (AvgIpc) is 3.12. The minimum Gasteiger partial charge on any atom is -0.492 e. The van der Waals surface area contributed by atoms with E-state index >= 15 is 0 Å². The Kier molecular flexibility index (Phi) is 4.23. The highest BCUT2D eigenvalue weighted by Gasteiger charge is 2.42. The van der Waals surface area contributed by atoms with Crippen LogP contribution >= 0.6 is 0 Å². The summed E-state index contributed by atoms with van der Waals surface area (Å²) in [5.74, 6) is 0.354. The molecule has 1 saturated heterocycles. The highest BCUT2D eigenvalue weighted by Crippen LogP contribution is 2.51. The first-order valence-corrected chi connectivity index (χ1v) is 10.2. The zero-order valence-electron chi connectivity index (χ0n) is 14.9. The van der Waals surface area contributed by atoms with E-state index in [0.29, 0.717) is 31.6 Å². The van der Waals surface area contributed by atoms with Crippen molar-refractivity contribution in [1.29, 1.82) is 0 Å². The van der Waals surface area contributed by atoms with Crippen LogP contribution in [0.1, 0.15) is 35.2 Å². The van der Waals surface area contributed by atoms with Crippen molar-refractivity contribution in [3.63, 3.8) is 0 Å². The number of methoxy groups -OCH3 is 1. The third-order valence-electron chi connectivity index (χ3n) is 5.20. The number of sulfonamides is 1. The maximum absolute atomic E-state index is 13.4. The lowest BCUT2D eigenvalue weighted by Crippen LogP contribution is -2.39. The summed E-state index contributed by atoms with van der Waals surface area (Å²) in [5, 5.41) is 0. The van der Waals surface area contributed by atoms with E-state index in [2.05, 4.69) is 0 Å². The molecule has 1 amide bonds. The number of carbonyl (C=O) groups excluding carboxylic acids is 1. The Labute approximate surface area is 152 Å². The van der Waals surface area contributed by atoms with Crippen molar-refractivity contribution >= 4 is 15.9 Å². The number of likely N-dealkylation sites (N-methyl/N-ethyl adjacent to an activating group) is 1. The Morgan fingerprint density at radius 2 is 1.73 bits per heavy atom. The molecule has 1 aromatic rings. The van der Waals surface area contributed by atoms with Crippen molar-refractivity contribution in [1.82, 2.24) is 9.21 Å². The number of carbonyl (C=O) groups is 1. The molecule has 0 N–H and O–H groups in total. The average molecular weight is 382 g/mol. The summed E-state index contributed by atoms with van der Waals surface area (Å²) in [6.07, 6.45) is 3.11. The second kappa shape index (κ2) is 6.31. The highest BCUT2D eigenvalue weighted by atomic mass is 32.2. The van der Waals surface area contributed by atoms with E-state index in [9.17, 15) is 13.2 Å². The summed E-state index contributed by atoms with van der Waals surface area (Å²) in [5.41, 5.74) is 0.737. The van der Waals surface area contributed by atoms with E-state index < -0.39 is 10.0 Å². The van der Waals surface area contributed by atoms with Gasteiger partial charge in [0, 0.05) is 26.7 Å². The van der Waals surface area contributed by atoms with Crippen molar-refractivity contribution in [3.8, 4) is 17.2 Å². The first-order chi connectivity index (χ1) is 12.5. The minimum atomic E-state index is -3.79. The third kappa shape index (κ3) is 2.44. The lowest BCUT2D eigenvalue weighted by atomic mass is 9.97. The molecular formula is C17H22N2O6S. The highest BCUT2D eigenvalue weighted by molar-refractivity contribution is 7.89. The van der Waals surface area contributed by atoms with Gasteiger partial charge in [-0.25, -0.2) is 8.42 Å². The Hall–Kier alpha value is -2.00. The number of hydrogen-bond donors (Lipinski definition) is 0. The molecule has 0 bridgehead atoms. The molecule has 3 aliphatic rings. The van der Waals surface area contributed by atoms with E-state index in [4.69, 9.17) is 14.2 Å². The van der Waals surface area contributed by atoms with Crippen molar-refractivity contribution < 1.29 is 27.4 Å². The SMILES string of the molecule is COc1c2c(c(S(=O)(=O)N3CCCCC3)c3c1C(=O)N(C)CC3)OCO2. The van der Waals surface area contributed by atoms with E-state index in [1.54, 1.807) is 11.9 Å². The Morgan fingerprint density at radius 3 is 2.42 bits per heavy atom. The van der Waals surface area contributed by atoms with Gasteiger partial charge < -0.3 is 19.1 Å². The van der Waals surface area contributed by atoms with Crippen LogP contribution in [0.4, 0.5) is 0 Å². The maximum Gasteiger partial charge on any atom is 0.257 e. The molecule has 4 rings (SSSR count). The third-order valence-corrected chi connectivity index (χ3v) is 7.20. The molecule has 0 radical (unpaired) electrons. The molecule has 3 heterocycles. The van der Waals surface area contributed by atoms with Gasteiger partial charge in [0.1, 0.15) is 4.90 Å². The summed E-state index contributed by atoms with van der Waals surface area (Å²) in [7, 11) is -0.661. The molecule has 0 aromatic heterocycles. The van der Waals surface area contributed by atoms with Crippen LogP contribution in [-0.2, 0) is 16.4 Å². The monoisotopic (exact) mass is 382 g/mol. The van der Waals surface area contributed by atoms with Gasteiger partial charge in [0.05, 0.1) is 12.7 Å². The molecule has 1 fully saturated rings. The second-order valence-corrected chi connectivity index (χ2v) is 8.60. The summed E-state index contributed by atoms with van der Waals surface area (Å²) >= 11 is 0. The van der Waals surface area contributed by atoms with Crippen molar-refractivity contribution in [2.24, 2.45) is 0 Å². The van der Waals surface area contributed by atoms with E-state index in [1.807, 2.05) is 0 Å². The van der Waals surface area contributed by atoms with Gasteiger partial charge in [-0.05, 0) is 24.8 Å². The van der Waals surface area contributed by atoms with Crippen LogP contribution in [0.2, 0.25) is 0 Å². The van der Waals surface area contributed by atoms with Crippen LogP contribution in [0.25, 0.3) is 0 Å². The number of nitrogens with zero attached hydrogens (tertiary/aromatic N) is 2. The van der Waals surface area contributed by atoms with Gasteiger partial charge in [-0.3, -0.25) is 4.79 Å². The lowest BCUT2D eigenvalue weighted by molar-refractivity contribution is 0.0775. The van der Waals surface area contributed by atoms with Crippen LogP contribution in [0.3, 0.4) is 0 Å². The van der Waals surface area contributed by atoms with Crippen molar-refractivity contribution in [2.45, 2.75) is 30.6 Å². The van der Waals surface area contributed by atoms with Crippen LogP contribution in [0.15, 0.2) is 4.90 Å². The van der Waals surface area contributed by atoms with Crippen LogP contribution in [-0.4, -0.2) is 64.1 Å². The molecule has 1 aromatic carbocycles. The normalized spacial score (nSPS) is 20.2. The summed E-state index contributed by atoms with van der Waals surface area (Å²) in [4.78, 5) is 14.4. The smallest absolute Gasteiger partial charge is 0.257 e. The number of amides is 1. The zero-order valence-corrected chi connectivity index (χ0v) is 15.7. The van der Waals surface area contributed by atoms with E-state index in [0.717, 1.165) is 19.3 Å². The number of fused-ring (bicyclic) bond motifs is 2. The predicted octanol–water partition coefficient (Wildman–Crippen LogP) is 1.23. The van der Waals surface area contributed by atoms with E-state index in [-0.39, 0.29) is 40.4 Å². The van der Waals surface area contributed by atoms with Gasteiger partial charge in [0.2, 0.25) is 22.6 Å². The fraction of sp³-hybridized carbons (Fsp3) is 0.588.